The minimum atomic E-state index is -0.659. The predicted molar refractivity (Wildman–Crippen MR) is 90.8 cm³/mol. The van der Waals surface area contributed by atoms with Crippen LogP contribution in [0.1, 0.15) is 16.4 Å². The Morgan fingerprint density at radius 2 is 1.96 bits per heavy atom. The van der Waals surface area contributed by atoms with Crippen molar-refractivity contribution >= 4 is 17.3 Å². The van der Waals surface area contributed by atoms with Gasteiger partial charge in [-0.1, -0.05) is 5.16 Å². The van der Waals surface area contributed by atoms with Gasteiger partial charge in [0.05, 0.1) is 0 Å². The molecule has 3 aromatic heterocycles. The second kappa shape index (κ2) is 6.93. The van der Waals surface area contributed by atoms with E-state index in [9.17, 15) is 9.18 Å². The van der Waals surface area contributed by atoms with Crippen LogP contribution in [0.5, 0.6) is 0 Å². The van der Waals surface area contributed by atoms with Gasteiger partial charge in [-0.2, -0.15) is 16.3 Å². The van der Waals surface area contributed by atoms with E-state index < -0.39 is 5.97 Å². The molecule has 26 heavy (non-hydrogen) atoms. The van der Waals surface area contributed by atoms with Crippen molar-refractivity contribution < 1.29 is 22.9 Å². The van der Waals surface area contributed by atoms with Crippen LogP contribution in [-0.4, -0.2) is 16.1 Å². The smallest absolute Gasteiger partial charge is 0.374 e. The number of carbonyl (C=O) groups is 1. The van der Waals surface area contributed by atoms with E-state index in [2.05, 4.69) is 10.1 Å². The fourth-order valence-electron chi connectivity index (χ4n) is 2.24. The molecule has 130 valence electrons. The molecule has 0 bridgehead atoms. The van der Waals surface area contributed by atoms with Crippen LogP contribution < -0.4 is 0 Å². The Balaban J connectivity index is 1.40. The minimum Gasteiger partial charge on any atom is -0.450 e. The number of halogens is 1. The summed E-state index contributed by atoms with van der Waals surface area (Å²) in [6.07, 6.45) is 0. The average Bonchev–Trinajstić information content (AvgIpc) is 3.41. The third-order valence-corrected chi connectivity index (χ3v) is 4.19. The molecule has 0 spiro atoms. The van der Waals surface area contributed by atoms with Gasteiger partial charge in [0.1, 0.15) is 11.6 Å². The molecule has 0 fully saturated rings. The van der Waals surface area contributed by atoms with Crippen molar-refractivity contribution in [2.75, 3.05) is 0 Å². The van der Waals surface area contributed by atoms with Crippen LogP contribution >= 0.6 is 11.3 Å². The summed E-state index contributed by atoms with van der Waals surface area (Å²) in [6.45, 7) is -0.164. The van der Waals surface area contributed by atoms with E-state index in [4.69, 9.17) is 13.7 Å². The topological polar surface area (TPSA) is 78.4 Å². The summed E-state index contributed by atoms with van der Waals surface area (Å²) in [6, 6.07) is 10.7. The average molecular weight is 370 g/mol. The van der Waals surface area contributed by atoms with Gasteiger partial charge < -0.3 is 13.7 Å². The number of furan rings is 1. The molecule has 4 rings (SSSR count). The van der Waals surface area contributed by atoms with Crippen molar-refractivity contribution in [1.29, 1.82) is 0 Å². The Morgan fingerprint density at radius 3 is 2.73 bits per heavy atom. The molecule has 0 N–H and O–H groups in total. The maximum absolute atomic E-state index is 13.0. The molecule has 0 aliphatic carbocycles. The first-order valence-electron chi connectivity index (χ1n) is 7.57. The second-order valence-corrected chi connectivity index (χ2v) is 6.05. The Hall–Kier alpha value is -3.26. The van der Waals surface area contributed by atoms with Gasteiger partial charge in [0.25, 0.3) is 5.89 Å². The first kappa shape index (κ1) is 16.2. The monoisotopic (exact) mass is 370 g/mol. The molecule has 0 unspecified atom stereocenters. The van der Waals surface area contributed by atoms with Gasteiger partial charge in [0.2, 0.25) is 11.6 Å². The number of ether oxygens (including phenoxy) is 1. The lowest BCUT2D eigenvalue weighted by molar-refractivity contribution is 0.0394. The molecule has 8 heteroatoms. The van der Waals surface area contributed by atoms with E-state index >= 15 is 0 Å². The third-order valence-electron chi connectivity index (χ3n) is 3.51. The highest BCUT2D eigenvalue weighted by Crippen LogP contribution is 2.23. The summed E-state index contributed by atoms with van der Waals surface area (Å²) in [5.41, 5.74) is 1.49. The van der Waals surface area contributed by atoms with E-state index in [1.54, 1.807) is 18.2 Å². The Kier molecular flexibility index (Phi) is 4.32. The molecular weight excluding hydrogens is 359 g/mol. The van der Waals surface area contributed by atoms with Crippen molar-refractivity contribution in [3.8, 4) is 22.7 Å². The third kappa shape index (κ3) is 3.40. The zero-order valence-corrected chi connectivity index (χ0v) is 14.0. The molecule has 0 aliphatic rings. The van der Waals surface area contributed by atoms with Crippen LogP contribution in [0.2, 0.25) is 0 Å². The number of rotatable bonds is 5. The maximum Gasteiger partial charge on any atom is 0.374 e. The second-order valence-electron chi connectivity index (χ2n) is 5.27. The van der Waals surface area contributed by atoms with E-state index in [1.807, 2.05) is 16.8 Å². The lowest BCUT2D eigenvalue weighted by Gasteiger charge is -1.99. The zero-order chi connectivity index (χ0) is 17.9. The number of nitrogens with zero attached hydrogens (tertiary/aromatic N) is 2. The standard InChI is InChI=1S/C18H11FN2O4S/c19-13-3-1-11(2-4-13)14-5-6-15(24-14)18(22)23-9-16-20-17(21-25-16)12-7-8-26-10-12/h1-8,10H,9H2. The molecule has 0 atom stereocenters. The minimum absolute atomic E-state index is 0.0295. The van der Waals surface area contributed by atoms with Gasteiger partial charge in [0.15, 0.2) is 6.61 Å². The molecule has 0 saturated carbocycles. The number of hydrogen-bond donors (Lipinski definition) is 0. The van der Waals surface area contributed by atoms with E-state index in [-0.39, 0.29) is 24.1 Å². The molecule has 0 saturated heterocycles. The Morgan fingerprint density at radius 1 is 1.12 bits per heavy atom. The molecular formula is C18H11FN2O4S. The maximum atomic E-state index is 13.0. The number of carbonyl (C=O) groups excluding carboxylic acids is 1. The highest BCUT2D eigenvalue weighted by Gasteiger charge is 2.16. The summed E-state index contributed by atoms with van der Waals surface area (Å²) in [4.78, 5) is 16.3. The van der Waals surface area contributed by atoms with Crippen molar-refractivity contribution in [1.82, 2.24) is 10.1 Å². The van der Waals surface area contributed by atoms with Crippen molar-refractivity contribution in [2.45, 2.75) is 6.61 Å². The van der Waals surface area contributed by atoms with E-state index in [0.717, 1.165) is 5.56 Å². The summed E-state index contributed by atoms with van der Waals surface area (Å²) in [7, 11) is 0. The molecule has 4 aromatic rings. The van der Waals surface area contributed by atoms with Gasteiger partial charge in [0, 0.05) is 16.5 Å². The first-order chi connectivity index (χ1) is 12.7. The Bertz CT molecular complexity index is 1020. The van der Waals surface area contributed by atoms with Crippen LogP contribution in [-0.2, 0) is 11.3 Å². The quantitative estimate of drug-likeness (QED) is 0.480. The highest BCUT2D eigenvalue weighted by molar-refractivity contribution is 7.08. The van der Waals surface area contributed by atoms with Crippen LogP contribution in [0.4, 0.5) is 4.39 Å². The largest absolute Gasteiger partial charge is 0.450 e. The first-order valence-corrected chi connectivity index (χ1v) is 8.51. The Labute approximate surface area is 150 Å². The lowest BCUT2D eigenvalue weighted by Crippen LogP contribution is -2.04. The van der Waals surface area contributed by atoms with Gasteiger partial charge in [-0.05, 0) is 47.8 Å². The summed E-state index contributed by atoms with van der Waals surface area (Å²) < 4.78 is 28.6. The lowest BCUT2D eigenvalue weighted by atomic mass is 10.2. The fourth-order valence-corrected chi connectivity index (χ4v) is 2.87. The number of hydrogen-bond acceptors (Lipinski definition) is 7. The molecule has 0 radical (unpaired) electrons. The SMILES string of the molecule is O=C(OCc1nc(-c2ccsc2)no1)c1ccc(-c2ccc(F)cc2)o1. The van der Waals surface area contributed by atoms with Crippen molar-refractivity contribution in [2.24, 2.45) is 0 Å². The van der Waals surface area contributed by atoms with Crippen LogP contribution in [0.25, 0.3) is 22.7 Å². The summed E-state index contributed by atoms with van der Waals surface area (Å²) in [5.74, 6) is 0.0881. The predicted octanol–water partition coefficient (Wildman–Crippen LogP) is 4.55. The fraction of sp³-hybridized carbons (Fsp3) is 0.0556. The number of thiophene rings is 1. The normalized spacial score (nSPS) is 10.8. The molecule has 0 amide bonds. The van der Waals surface area contributed by atoms with Crippen LogP contribution in [0, 0.1) is 5.82 Å². The van der Waals surface area contributed by atoms with Crippen molar-refractivity contribution in [3.05, 3.63) is 70.7 Å². The summed E-state index contributed by atoms with van der Waals surface area (Å²) in [5, 5.41) is 7.63. The van der Waals surface area contributed by atoms with Gasteiger partial charge in [-0.3, -0.25) is 0 Å². The van der Waals surface area contributed by atoms with Crippen LogP contribution in [0.3, 0.4) is 0 Å². The number of aromatic nitrogens is 2. The molecule has 3 heterocycles. The highest BCUT2D eigenvalue weighted by atomic mass is 32.1. The summed E-state index contributed by atoms with van der Waals surface area (Å²) >= 11 is 1.52. The van der Waals surface area contributed by atoms with E-state index in [1.165, 1.54) is 29.5 Å². The molecule has 6 nitrogen and oxygen atoms in total. The zero-order valence-electron chi connectivity index (χ0n) is 13.2. The molecule has 0 aliphatic heterocycles. The van der Waals surface area contributed by atoms with Gasteiger partial charge >= 0.3 is 5.97 Å². The van der Waals surface area contributed by atoms with Gasteiger partial charge in [-0.25, -0.2) is 9.18 Å². The number of esters is 1. The molecule has 1 aromatic carbocycles. The van der Waals surface area contributed by atoms with Crippen LogP contribution in [0.15, 0.2) is 62.2 Å². The number of benzene rings is 1. The van der Waals surface area contributed by atoms with Gasteiger partial charge in [-0.15, -0.1) is 0 Å². The van der Waals surface area contributed by atoms with Crippen molar-refractivity contribution in [3.63, 3.8) is 0 Å². The van der Waals surface area contributed by atoms with E-state index in [0.29, 0.717) is 17.1 Å².